The van der Waals surface area contributed by atoms with Crippen molar-refractivity contribution in [2.75, 3.05) is 7.11 Å². The van der Waals surface area contributed by atoms with Gasteiger partial charge in [0.25, 0.3) is 0 Å². The zero-order valence-corrected chi connectivity index (χ0v) is 14.4. The molecule has 1 aliphatic rings. The molecule has 3 aromatic rings. The number of hydrogen-bond donors (Lipinski definition) is 0. The zero-order valence-electron chi connectivity index (χ0n) is 13.7. The third kappa shape index (κ3) is 2.29. The number of benzene rings is 2. The number of ether oxygens (including phenoxy) is 1. The van der Waals surface area contributed by atoms with Crippen LogP contribution in [0.25, 0.3) is 11.4 Å². The summed E-state index contributed by atoms with van der Waals surface area (Å²) in [4.78, 5) is 0. The summed E-state index contributed by atoms with van der Waals surface area (Å²) < 4.78 is 7.54. The fourth-order valence-electron chi connectivity index (χ4n) is 3.35. The SMILES string of the molecule is COc1cc(Cl)ccc1-c1nnc(C2(c3ccccc3)CC2)n1C. The molecule has 0 spiro atoms. The highest BCUT2D eigenvalue weighted by Crippen LogP contribution is 2.53. The summed E-state index contributed by atoms with van der Waals surface area (Å²) >= 11 is 6.07. The van der Waals surface area contributed by atoms with Gasteiger partial charge in [-0.3, -0.25) is 0 Å². The van der Waals surface area contributed by atoms with Gasteiger partial charge in [-0.05, 0) is 36.6 Å². The van der Waals surface area contributed by atoms with E-state index in [9.17, 15) is 0 Å². The Bertz CT molecular complexity index is 885. The molecule has 0 N–H and O–H groups in total. The fourth-order valence-corrected chi connectivity index (χ4v) is 3.52. The van der Waals surface area contributed by atoms with Gasteiger partial charge < -0.3 is 9.30 Å². The van der Waals surface area contributed by atoms with Gasteiger partial charge in [-0.2, -0.15) is 0 Å². The topological polar surface area (TPSA) is 39.9 Å². The van der Waals surface area contributed by atoms with E-state index in [-0.39, 0.29) is 5.41 Å². The second kappa shape index (κ2) is 5.64. The van der Waals surface area contributed by atoms with Crippen LogP contribution in [0.1, 0.15) is 24.2 Å². The lowest BCUT2D eigenvalue weighted by atomic mass is 9.95. The van der Waals surface area contributed by atoms with Crippen molar-refractivity contribution in [1.82, 2.24) is 14.8 Å². The maximum absolute atomic E-state index is 6.07. The average molecular weight is 340 g/mol. The molecule has 1 aromatic heterocycles. The monoisotopic (exact) mass is 339 g/mol. The van der Waals surface area contributed by atoms with Crippen LogP contribution in [0.3, 0.4) is 0 Å². The van der Waals surface area contributed by atoms with Gasteiger partial charge in [0.1, 0.15) is 11.6 Å². The lowest BCUT2D eigenvalue weighted by molar-refractivity contribution is 0.416. The van der Waals surface area contributed by atoms with Crippen LogP contribution in [0.5, 0.6) is 5.75 Å². The Morgan fingerprint density at radius 1 is 1.08 bits per heavy atom. The zero-order chi connectivity index (χ0) is 16.7. The average Bonchev–Trinajstić information content (AvgIpc) is 3.33. The largest absolute Gasteiger partial charge is 0.496 e. The molecule has 0 radical (unpaired) electrons. The van der Waals surface area contributed by atoms with Gasteiger partial charge in [-0.15, -0.1) is 10.2 Å². The van der Waals surface area contributed by atoms with Crippen molar-refractivity contribution in [3.8, 4) is 17.1 Å². The van der Waals surface area contributed by atoms with Crippen molar-refractivity contribution >= 4 is 11.6 Å². The standard InChI is InChI=1S/C19H18ClN3O/c1-23-17(15-9-8-14(20)12-16(15)24-2)21-22-18(23)19(10-11-19)13-6-4-3-5-7-13/h3-9,12H,10-11H2,1-2H3. The van der Waals surface area contributed by atoms with Crippen LogP contribution in [0.4, 0.5) is 0 Å². The molecule has 24 heavy (non-hydrogen) atoms. The van der Waals surface area contributed by atoms with Crippen molar-refractivity contribution < 1.29 is 4.74 Å². The maximum Gasteiger partial charge on any atom is 0.167 e. The number of nitrogens with zero attached hydrogens (tertiary/aromatic N) is 3. The number of hydrogen-bond acceptors (Lipinski definition) is 3. The second-order valence-corrected chi connectivity index (χ2v) is 6.64. The van der Waals surface area contributed by atoms with E-state index in [1.807, 2.05) is 25.2 Å². The van der Waals surface area contributed by atoms with Crippen LogP contribution >= 0.6 is 11.6 Å². The Balaban J connectivity index is 1.81. The third-order valence-electron chi connectivity index (χ3n) is 4.78. The van der Waals surface area contributed by atoms with E-state index >= 15 is 0 Å². The number of rotatable bonds is 4. The summed E-state index contributed by atoms with van der Waals surface area (Å²) in [7, 11) is 3.65. The van der Waals surface area contributed by atoms with E-state index in [1.54, 1.807) is 13.2 Å². The minimum atomic E-state index is -0.0130. The van der Waals surface area contributed by atoms with Gasteiger partial charge in [0.2, 0.25) is 0 Å². The van der Waals surface area contributed by atoms with Gasteiger partial charge in [-0.25, -0.2) is 0 Å². The summed E-state index contributed by atoms with van der Waals surface area (Å²) in [6.45, 7) is 0. The Kier molecular flexibility index (Phi) is 3.57. The van der Waals surface area contributed by atoms with Crippen molar-refractivity contribution in [2.24, 2.45) is 7.05 Å². The van der Waals surface area contributed by atoms with Gasteiger partial charge in [-0.1, -0.05) is 41.9 Å². The molecule has 0 unspecified atom stereocenters. The van der Waals surface area contributed by atoms with Crippen molar-refractivity contribution in [3.05, 3.63) is 64.9 Å². The fraction of sp³-hybridized carbons (Fsp3) is 0.263. The molecular formula is C19H18ClN3O. The summed E-state index contributed by atoms with van der Waals surface area (Å²) in [5.41, 5.74) is 2.18. The van der Waals surface area contributed by atoms with Crippen LogP contribution in [0, 0.1) is 0 Å². The predicted molar refractivity (Wildman–Crippen MR) is 94.5 cm³/mol. The minimum absolute atomic E-state index is 0.0130. The predicted octanol–water partition coefficient (Wildman–Crippen LogP) is 4.22. The Hall–Kier alpha value is -2.33. The van der Waals surface area contributed by atoms with Crippen LogP contribution in [-0.4, -0.2) is 21.9 Å². The van der Waals surface area contributed by atoms with Crippen molar-refractivity contribution in [3.63, 3.8) is 0 Å². The third-order valence-corrected chi connectivity index (χ3v) is 5.02. The molecule has 0 aliphatic heterocycles. The van der Waals surface area contributed by atoms with Crippen LogP contribution in [0.15, 0.2) is 48.5 Å². The lowest BCUT2D eigenvalue weighted by Gasteiger charge is -2.16. The summed E-state index contributed by atoms with van der Waals surface area (Å²) in [6.07, 6.45) is 2.20. The van der Waals surface area contributed by atoms with Crippen molar-refractivity contribution in [2.45, 2.75) is 18.3 Å². The molecule has 0 bridgehead atoms. The summed E-state index contributed by atoms with van der Waals surface area (Å²) in [6, 6.07) is 16.1. The van der Waals surface area contributed by atoms with Crippen LogP contribution in [0.2, 0.25) is 5.02 Å². The number of aromatic nitrogens is 3. The highest BCUT2D eigenvalue weighted by atomic mass is 35.5. The maximum atomic E-state index is 6.07. The Morgan fingerprint density at radius 2 is 1.83 bits per heavy atom. The van der Waals surface area contributed by atoms with Crippen LogP contribution < -0.4 is 4.74 Å². The minimum Gasteiger partial charge on any atom is -0.496 e. The Morgan fingerprint density at radius 3 is 2.50 bits per heavy atom. The highest BCUT2D eigenvalue weighted by molar-refractivity contribution is 6.30. The van der Waals surface area contributed by atoms with E-state index in [2.05, 4.69) is 39.0 Å². The first-order chi connectivity index (χ1) is 11.7. The van der Waals surface area contributed by atoms with Crippen molar-refractivity contribution in [1.29, 1.82) is 0 Å². The molecule has 2 aromatic carbocycles. The summed E-state index contributed by atoms with van der Waals surface area (Å²) in [5.74, 6) is 2.50. The van der Waals surface area contributed by atoms with Gasteiger partial charge in [0, 0.05) is 12.1 Å². The van der Waals surface area contributed by atoms with E-state index in [1.165, 1.54) is 5.56 Å². The first-order valence-electron chi connectivity index (χ1n) is 7.95. The van der Waals surface area contributed by atoms with E-state index in [4.69, 9.17) is 16.3 Å². The second-order valence-electron chi connectivity index (χ2n) is 6.20. The molecule has 4 rings (SSSR count). The smallest absolute Gasteiger partial charge is 0.167 e. The quantitative estimate of drug-likeness (QED) is 0.714. The Labute approximate surface area is 146 Å². The molecule has 5 heteroatoms. The number of methoxy groups -OCH3 is 1. The number of halogens is 1. The van der Waals surface area contributed by atoms with E-state index in [0.717, 1.165) is 30.1 Å². The molecule has 122 valence electrons. The molecule has 0 atom stereocenters. The molecule has 1 fully saturated rings. The lowest BCUT2D eigenvalue weighted by Crippen LogP contribution is -2.15. The van der Waals surface area contributed by atoms with E-state index < -0.39 is 0 Å². The normalized spacial score (nSPS) is 15.3. The first kappa shape index (κ1) is 15.2. The first-order valence-corrected chi connectivity index (χ1v) is 8.33. The molecule has 4 nitrogen and oxygen atoms in total. The molecule has 0 amide bonds. The van der Waals surface area contributed by atoms with Gasteiger partial charge in [0.05, 0.1) is 18.1 Å². The van der Waals surface area contributed by atoms with Crippen LogP contribution in [-0.2, 0) is 12.5 Å². The van der Waals surface area contributed by atoms with Gasteiger partial charge >= 0.3 is 0 Å². The molecule has 1 saturated carbocycles. The molecule has 0 saturated heterocycles. The molecule has 1 heterocycles. The highest BCUT2D eigenvalue weighted by Gasteiger charge is 2.49. The molecule has 1 aliphatic carbocycles. The molecular weight excluding hydrogens is 322 g/mol. The summed E-state index contributed by atoms with van der Waals surface area (Å²) in [5, 5.41) is 9.61. The van der Waals surface area contributed by atoms with E-state index in [0.29, 0.717) is 10.8 Å². The van der Waals surface area contributed by atoms with Gasteiger partial charge in [0.15, 0.2) is 5.82 Å².